The summed E-state index contributed by atoms with van der Waals surface area (Å²) in [5.74, 6) is 1.18. The number of hydrogen-bond acceptors (Lipinski definition) is 4. The van der Waals surface area contributed by atoms with Gasteiger partial charge in [-0.2, -0.15) is 0 Å². The third kappa shape index (κ3) is 4.52. The summed E-state index contributed by atoms with van der Waals surface area (Å²) in [6, 6.07) is 13.1. The number of hydrogen-bond donors (Lipinski definition) is 1. The molecule has 3 atom stereocenters. The van der Waals surface area contributed by atoms with E-state index in [1.807, 2.05) is 0 Å². The first-order valence-electron chi connectivity index (χ1n) is 12.9. The van der Waals surface area contributed by atoms with Gasteiger partial charge in [0.25, 0.3) is 0 Å². The lowest BCUT2D eigenvalue weighted by Crippen LogP contribution is -2.37. The molecule has 0 radical (unpaired) electrons. The van der Waals surface area contributed by atoms with Gasteiger partial charge in [0.1, 0.15) is 5.82 Å². The molecule has 2 aliphatic carbocycles. The van der Waals surface area contributed by atoms with E-state index < -0.39 is 0 Å². The number of nitrogens with one attached hydrogen (secondary N) is 1. The van der Waals surface area contributed by atoms with Gasteiger partial charge < -0.3 is 14.7 Å². The molecule has 0 spiro atoms. The van der Waals surface area contributed by atoms with Crippen LogP contribution in [0.4, 0.5) is 4.39 Å². The summed E-state index contributed by atoms with van der Waals surface area (Å²) in [6.07, 6.45) is 4.81. The highest BCUT2D eigenvalue weighted by atomic mass is 19.1. The van der Waals surface area contributed by atoms with Crippen LogP contribution in [0.3, 0.4) is 0 Å². The second-order valence-corrected chi connectivity index (χ2v) is 10.5. The van der Waals surface area contributed by atoms with Gasteiger partial charge in [-0.05, 0) is 68.5 Å². The van der Waals surface area contributed by atoms with Gasteiger partial charge in [-0.25, -0.2) is 4.39 Å². The number of piperidine rings is 1. The number of likely N-dealkylation sites (tertiary alicyclic amines) is 1. The fourth-order valence-corrected chi connectivity index (χ4v) is 6.13. The number of halogens is 1. The lowest BCUT2D eigenvalue weighted by Gasteiger charge is -2.31. The van der Waals surface area contributed by atoms with E-state index in [4.69, 9.17) is 4.52 Å². The molecule has 1 N–H and O–H groups in total. The topological polar surface area (TPSA) is 58.4 Å². The molecule has 1 aromatic heterocycles. The molecule has 5 nitrogen and oxygen atoms in total. The molecule has 1 saturated heterocycles. The second-order valence-electron chi connectivity index (χ2n) is 10.5. The van der Waals surface area contributed by atoms with Crippen molar-refractivity contribution in [2.45, 2.75) is 38.0 Å². The SMILES string of the molecule is C=C1[C@H](CNC(=O)C2CCc3ccccc3C2)[C@H]1CN1CCC(c2noc3cc(F)ccc23)CC1. The average Bonchev–Trinajstić information content (AvgIpc) is 3.28. The van der Waals surface area contributed by atoms with Gasteiger partial charge in [-0.3, -0.25) is 4.79 Å². The highest BCUT2D eigenvalue weighted by Gasteiger charge is 2.43. The normalized spacial score (nSPS) is 24.9. The van der Waals surface area contributed by atoms with E-state index in [9.17, 15) is 9.18 Å². The number of benzene rings is 2. The van der Waals surface area contributed by atoms with E-state index in [0.717, 1.165) is 62.8 Å². The number of carbonyl (C=O) groups excluding carboxylic acids is 1. The summed E-state index contributed by atoms with van der Waals surface area (Å²) in [7, 11) is 0. The van der Waals surface area contributed by atoms with Crippen LogP contribution in [-0.4, -0.2) is 42.1 Å². The highest BCUT2D eigenvalue weighted by Crippen LogP contribution is 2.45. The summed E-state index contributed by atoms with van der Waals surface area (Å²) in [5.41, 5.74) is 5.47. The minimum absolute atomic E-state index is 0.0819. The minimum Gasteiger partial charge on any atom is -0.356 e. The molecule has 35 heavy (non-hydrogen) atoms. The average molecular weight is 474 g/mol. The Morgan fingerprint density at radius 1 is 1.11 bits per heavy atom. The smallest absolute Gasteiger partial charge is 0.223 e. The Balaban J connectivity index is 0.967. The molecule has 1 saturated carbocycles. The lowest BCUT2D eigenvalue weighted by molar-refractivity contribution is -0.125. The lowest BCUT2D eigenvalue weighted by atomic mass is 9.83. The van der Waals surface area contributed by atoms with Crippen molar-refractivity contribution >= 4 is 16.9 Å². The summed E-state index contributed by atoms with van der Waals surface area (Å²) in [6.45, 7) is 8.00. The molecule has 2 fully saturated rings. The summed E-state index contributed by atoms with van der Waals surface area (Å²) >= 11 is 0. The van der Waals surface area contributed by atoms with Crippen LogP contribution in [0.25, 0.3) is 11.0 Å². The number of fused-ring (bicyclic) bond motifs is 2. The zero-order valence-electron chi connectivity index (χ0n) is 20.0. The predicted octanol–water partition coefficient (Wildman–Crippen LogP) is 4.87. The number of carbonyl (C=O) groups is 1. The first-order valence-corrected chi connectivity index (χ1v) is 12.9. The predicted molar refractivity (Wildman–Crippen MR) is 133 cm³/mol. The summed E-state index contributed by atoms with van der Waals surface area (Å²) in [4.78, 5) is 15.3. The van der Waals surface area contributed by atoms with E-state index in [1.165, 1.54) is 28.8 Å². The maximum Gasteiger partial charge on any atom is 0.223 e. The fourth-order valence-electron chi connectivity index (χ4n) is 6.13. The zero-order chi connectivity index (χ0) is 23.9. The molecule has 1 aliphatic heterocycles. The van der Waals surface area contributed by atoms with Crippen molar-refractivity contribution in [2.24, 2.45) is 17.8 Å². The van der Waals surface area contributed by atoms with E-state index in [-0.39, 0.29) is 17.6 Å². The van der Waals surface area contributed by atoms with Crippen LogP contribution in [-0.2, 0) is 17.6 Å². The Bertz CT molecular complexity index is 1260. The fraction of sp³-hybridized carbons (Fsp3) is 0.448. The molecule has 182 valence electrons. The molecule has 3 aliphatic rings. The van der Waals surface area contributed by atoms with Crippen LogP contribution in [0, 0.1) is 23.6 Å². The van der Waals surface area contributed by atoms with Gasteiger partial charge in [-0.15, -0.1) is 0 Å². The van der Waals surface area contributed by atoms with E-state index in [2.05, 4.69) is 46.2 Å². The van der Waals surface area contributed by atoms with Gasteiger partial charge >= 0.3 is 0 Å². The third-order valence-corrected chi connectivity index (χ3v) is 8.43. The van der Waals surface area contributed by atoms with Crippen LogP contribution in [0.2, 0.25) is 0 Å². The van der Waals surface area contributed by atoms with E-state index in [1.54, 1.807) is 6.07 Å². The van der Waals surface area contributed by atoms with E-state index >= 15 is 0 Å². The molecule has 3 aromatic rings. The van der Waals surface area contributed by atoms with Crippen LogP contribution in [0.5, 0.6) is 0 Å². The maximum absolute atomic E-state index is 13.5. The third-order valence-electron chi connectivity index (χ3n) is 8.43. The Kier molecular flexibility index (Phi) is 5.93. The van der Waals surface area contributed by atoms with Crippen molar-refractivity contribution in [1.29, 1.82) is 0 Å². The minimum atomic E-state index is -0.297. The zero-order valence-corrected chi connectivity index (χ0v) is 20.0. The van der Waals surface area contributed by atoms with Crippen LogP contribution >= 0.6 is 0 Å². The molecule has 6 heteroatoms. The van der Waals surface area contributed by atoms with Crippen molar-refractivity contribution in [3.05, 3.63) is 77.3 Å². The molecule has 2 heterocycles. The quantitative estimate of drug-likeness (QED) is 0.519. The van der Waals surface area contributed by atoms with Gasteiger partial charge in [0.05, 0.1) is 5.69 Å². The molecule has 0 bridgehead atoms. The number of aryl methyl sites for hydroxylation is 1. The van der Waals surface area contributed by atoms with Gasteiger partial charge in [0.2, 0.25) is 5.91 Å². The Morgan fingerprint density at radius 2 is 1.91 bits per heavy atom. The molecular formula is C29H32FN3O2. The standard InChI is InChI=1S/C29H32FN3O2/c1-18-25(16-31-29(34)22-7-6-19-4-2-3-5-21(19)14-22)26(18)17-33-12-10-20(11-13-33)28-24-9-8-23(30)15-27(24)35-32-28/h2-5,8-9,15,20,22,25-26H,1,6-7,10-14,16-17H2,(H,31,34)/t22?,25-,26-/m0/s1. The van der Waals surface area contributed by atoms with Crippen molar-refractivity contribution in [2.75, 3.05) is 26.2 Å². The summed E-state index contributed by atoms with van der Waals surface area (Å²) in [5, 5.41) is 8.41. The number of rotatable bonds is 6. The van der Waals surface area contributed by atoms with Crippen LogP contribution < -0.4 is 5.32 Å². The highest BCUT2D eigenvalue weighted by molar-refractivity contribution is 5.80. The molecular weight excluding hydrogens is 441 g/mol. The van der Waals surface area contributed by atoms with Crippen molar-refractivity contribution < 1.29 is 13.7 Å². The Labute approximate surface area is 205 Å². The number of nitrogens with zero attached hydrogens (tertiary/aromatic N) is 2. The molecule has 6 rings (SSSR count). The van der Waals surface area contributed by atoms with Crippen molar-refractivity contribution in [3.63, 3.8) is 0 Å². The molecule has 1 unspecified atom stereocenters. The van der Waals surface area contributed by atoms with Gasteiger partial charge in [0, 0.05) is 48.2 Å². The van der Waals surface area contributed by atoms with Crippen LogP contribution in [0.1, 0.15) is 42.0 Å². The number of aromatic nitrogens is 1. The first kappa shape index (κ1) is 22.5. The van der Waals surface area contributed by atoms with Crippen molar-refractivity contribution in [1.82, 2.24) is 15.4 Å². The molecule has 1 amide bonds. The Morgan fingerprint density at radius 3 is 2.74 bits per heavy atom. The van der Waals surface area contributed by atoms with Gasteiger partial charge in [-0.1, -0.05) is 41.6 Å². The second kappa shape index (κ2) is 9.23. The molecule has 2 aromatic carbocycles. The summed E-state index contributed by atoms with van der Waals surface area (Å²) < 4.78 is 18.8. The maximum atomic E-state index is 13.5. The van der Waals surface area contributed by atoms with E-state index in [0.29, 0.717) is 29.9 Å². The Hall–Kier alpha value is -2.99. The van der Waals surface area contributed by atoms with Crippen LogP contribution in [0.15, 0.2) is 59.1 Å². The monoisotopic (exact) mass is 473 g/mol. The van der Waals surface area contributed by atoms with Crippen molar-refractivity contribution in [3.8, 4) is 0 Å². The van der Waals surface area contributed by atoms with Gasteiger partial charge in [0.15, 0.2) is 5.58 Å². The first-order chi connectivity index (χ1) is 17.1. The number of amides is 1. The largest absolute Gasteiger partial charge is 0.356 e.